The molecule has 6 atom stereocenters. The van der Waals surface area contributed by atoms with E-state index >= 15 is 0 Å². The summed E-state index contributed by atoms with van der Waals surface area (Å²) in [6.45, 7) is 13.4. The van der Waals surface area contributed by atoms with Crippen LogP contribution in [0.3, 0.4) is 0 Å². The van der Waals surface area contributed by atoms with Crippen molar-refractivity contribution in [3.8, 4) is 0 Å². The Balaban J connectivity index is 1.11. The quantitative estimate of drug-likeness (QED) is 0.515. The normalized spacial score (nSPS) is 30.9. The monoisotopic (exact) mass is 593 g/mol. The summed E-state index contributed by atoms with van der Waals surface area (Å²) in [4.78, 5) is 39.3. The van der Waals surface area contributed by atoms with Gasteiger partial charge in [0.1, 0.15) is 0 Å². The molecule has 3 fully saturated rings. The molecule has 1 aromatic heterocycles. The number of thiazole rings is 1. The van der Waals surface area contributed by atoms with Crippen LogP contribution in [0.5, 0.6) is 0 Å². The number of rotatable bonds is 6. The lowest BCUT2D eigenvalue weighted by atomic mass is 9.53. The van der Waals surface area contributed by atoms with Crippen LogP contribution in [-0.2, 0) is 17.8 Å². The first kappa shape index (κ1) is 29.7. The number of anilines is 1. The second-order valence-corrected chi connectivity index (χ2v) is 14.8. The minimum absolute atomic E-state index is 0.0304. The number of aromatic nitrogens is 1. The van der Waals surface area contributed by atoms with E-state index in [2.05, 4.69) is 48.1 Å². The molecule has 0 spiro atoms. The van der Waals surface area contributed by atoms with Crippen molar-refractivity contribution >= 4 is 28.3 Å². The summed E-state index contributed by atoms with van der Waals surface area (Å²) in [5.41, 5.74) is 2.80. The Morgan fingerprint density at radius 3 is 2.50 bits per heavy atom. The highest BCUT2D eigenvalue weighted by Crippen LogP contribution is 2.57. The van der Waals surface area contributed by atoms with Crippen molar-refractivity contribution in [2.24, 2.45) is 23.2 Å². The number of carbonyl (C=O) groups is 2. The Labute approximate surface area is 254 Å². The number of amides is 2. The van der Waals surface area contributed by atoms with Gasteiger partial charge in [-0.25, -0.2) is 4.98 Å². The van der Waals surface area contributed by atoms with Gasteiger partial charge < -0.3 is 14.9 Å². The predicted molar refractivity (Wildman–Crippen MR) is 167 cm³/mol. The number of likely N-dealkylation sites (N-methyl/N-ethyl adjacent to an activating group) is 1. The van der Waals surface area contributed by atoms with E-state index in [1.54, 1.807) is 11.3 Å². The van der Waals surface area contributed by atoms with Crippen molar-refractivity contribution in [3.63, 3.8) is 0 Å². The van der Waals surface area contributed by atoms with Crippen molar-refractivity contribution < 1.29 is 14.7 Å². The largest absolute Gasteiger partial charge is 0.392 e. The van der Waals surface area contributed by atoms with Crippen LogP contribution in [0.25, 0.3) is 0 Å². The molecule has 2 aliphatic carbocycles. The van der Waals surface area contributed by atoms with E-state index in [-0.39, 0.29) is 40.9 Å². The third-order valence-electron chi connectivity index (χ3n) is 10.8. The zero-order valence-corrected chi connectivity index (χ0v) is 26.5. The first-order valence-corrected chi connectivity index (χ1v) is 16.7. The summed E-state index contributed by atoms with van der Waals surface area (Å²) < 4.78 is 0. The molecule has 9 heteroatoms. The van der Waals surface area contributed by atoms with Gasteiger partial charge in [0.15, 0.2) is 5.13 Å². The zero-order chi connectivity index (χ0) is 29.6. The molecule has 42 heavy (non-hydrogen) atoms. The summed E-state index contributed by atoms with van der Waals surface area (Å²) in [6.07, 6.45) is 4.32. The smallest absolute Gasteiger partial charge is 0.257 e. The summed E-state index contributed by atoms with van der Waals surface area (Å²) >= 11 is 1.58. The van der Waals surface area contributed by atoms with Crippen LogP contribution in [0.15, 0.2) is 24.3 Å². The molecule has 3 heterocycles. The van der Waals surface area contributed by atoms with Crippen LogP contribution in [0.4, 0.5) is 5.13 Å². The molecule has 1 saturated carbocycles. The highest BCUT2D eigenvalue weighted by Gasteiger charge is 2.54. The van der Waals surface area contributed by atoms with Crippen molar-refractivity contribution in [2.45, 2.75) is 71.4 Å². The fraction of sp³-hybridized carbons (Fsp3) is 0.667. The van der Waals surface area contributed by atoms with Gasteiger partial charge in [-0.05, 0) is 74.1 Å². The molecule has 0 radical (unpaired) electrons. The molecule has 1 aromatic carbocycles. The SMILES string of the molecule is C[C@H](C(=O)N1CCCC1)C1CC[C@@]2(C)Cc3sc(NC(=O)c4ccc(CN5CCN(C)CC5)cc4)nc3[C@@H](C)[C@@H]2[C@H]1O. The molecule has 6 rings (SSSR count). The minimum Gasteiger partial charge on any atom is -0.392 e. The number of fused-ring (bicyclic) bond motifs is 2. The van der Waals surface area contributed by atoms with Gasteiger partial charge in [-0.2, -0.15) is 0 Å². The average Bonchev–Trinajstić information content (AvgIpc) is 3.64. The Morgan fingerprint density at radius 2 is 1.81 bits per heavy atom. The maximum absolute atomic E-state index is 13.2. The van der Waals surface area contributed by atoms with Crippen LogP contribution in [0.1, 0.15) is 78.9 Å². The highest BCUT2D eigenvalue weighted by atomic mass is 32.1. The number of benzene rings is 1. The van der Waals surface area contributed by atoms with Gasteiger partial charge in [-0.3, -0.25) is 19.8 Å². The van der Waals surface area contributed by atoms with Crippen LogP contribution in [0.2, 0.25) is 0 Å². The van der Waals surface area contributed by atoms with Crippen LogP contribution >= 0.6 is 11.3 Å². The molecule has 4 aliphatic rings. The summed E-state index contributed by atoms with van der Waals surface area (Å²) in [5.74, 6) is -0.0441. The maximum atomic E-state index is 13.2. The number of hydrogen-bond donors (Lipinski definition) is 2. The lowest BCUT2D eigenvalue weighted by molar-refractivity contribution is -0.143. The minimum atomic E-state index is -0.544. The van der Waals surface area contributed by atoms with E-state index in [0.717, 1.165) is 83.6 Å². The summed E-state index contributed by atoms with van der Waals surface area (Å²) in [6, 6.07) is 7.93. The molecular formula is C33H47N5O3S. The molecule has 2 amide bonds. The van der Waals surface area contributed by atoms with E-state index in [1.807, 2.05) is 24.0 Å². The second kappa shape index (κ2) is 12.0. The molecule has 2 N–H and O–H groups in total. The third-order valence-corrected chi connectivity index (χ3v) is 11.8. The first-order valence-electron chi connectivity index (χ1n) is 15.9. The van der Waals surface area contributed by atoms with Crippen molar-refractivity contribution in [1.29, 1.82) is 0 Å². The number of nitrogens with zero attached hydrogens (tertiary/aromatic N) is 4. The molecule has 1 unspecified atom stereocenters. The molecule has 228 valence electrons. The first-order chi connectivity index (χ1) is 20.1. The molecule has 8 nitrogen and oxygen atoms in total. The van der Waals surface area contributed by atoms with Gasteiger partial charge in [0, 0.05) is 68.1 Å². The van der Waals surface area contributed by atoms with Crippen molar-refractivity contribution in [1.82, 2.24) is 19.7 Å². The Morgan fingerprint density at radius 1 is 1.12 bits per heavy atom. The van der Waals surface area contributed by atoms with E-state index in [9.17, 15) is 14.7 Å². The zero-order valence-electron chi connectivity index (χ0n) is 25.6. The highest BCUT2D eigenvalue weighted by molar-refractivity contribution is 7.15. The second-order valence-electron chi connectivity index (χ2n) is 13.7. The lowest BCUT2D eigenvalue weighted by Gasteiger charge is -2.53. The Bertz CT molecular complexity index is 1280. The lowest BCUT2D eigenvalue weighted by Crippen LogP contribution is -2.53. The van der Waals surface area contributed by atoms with Crippen LogP contribution < -0.4 is 5.32 Å². The van der Waals surface area contributed by atoms with Crippen molar-refractivity contribution in [2.75, 3.05) is 51.6 Å². The number of aliphatic hydroxyl groups excluding tert-OH is 1. The van der Waals surface area contributed by atoms with Crippen molar-refractivity contribution in [3.05, 3.63) is 46.0 Å². The van der Waals surface area contributed by atoms with Gasteiger partial charge in [-0.1, -0.05) is 32.9 Å². The fourth-order valence-corrected chi connectivity index (χ4v) is 9.46. The Hall–Kier alpha value is -2.33. The average molecular weight is 594 g/mol. The summed E-state index contributed by atoms with van der Waals surface area (Å²) in [7, 11) is 2.16. The van der Waals surface area contributed by atoms with Gasteiger partial charge in [0.25, 0.3) is 5.91 Å². The van der Waals surface area contributed by atoms with Crippen LogP contribution in [0, 0.1) is 23.2 Å². The molecule has 2 saturated heterocycles. The number of piperazine rings is 1. The number of hydrogen-bond acceptors (Lipinski definition) is 7. The van der Waals surface area contributed by atoms with Gasteiger partial charge in [0.2, 0.25) is 5.91 Å². The Kier molecular flexibility index (Phi) is 8.48. The van der Waals surface area contributed by atoms with E-state index < -0.39 is 6.10 Å². The molecule has 2 aliphatic heterocycles. The van der Waals surface area contributed by atoms with Gasteiger partial charge in [0.05, 0.1) is 11.8 Å². The van der Waals surface area contributed by atoms with Gasteiger partial charge >= 0.3 is 0 Å². The topological polar surface area (TPSA) is 89.0 Å². The third kappa shape index (κ3) is 5.77. The number of carbonyl (C=O) groups excluding carboxylic acids is 2. The number of likely N-dealkylation sites (tertiary alicyclic amines) is 1. The maximum Gasteiger partial charge on any atom is 0.257 e. The van der Waals surface area contributed by atoms with Crippen LogP contribution in [-0.4, -0.2) is 89.0 Å². The predicted octanol–water partition coefficient (Wildman–Crippen LogP) is 4.45. The molecule has 0 bridgehead atoms. The standard InChI is InChI=1S/C33H47N5O3S/c1-21(31(41)38-13-5-6-14-38)25-11-12-33(3)19-26-28(22(2)27(33)29(25)39)34-32(42-26)35-30(40)24-9-7-23(8-10-24)20-37-17-15-36(4)16-18-37/h7-10,21-22,25,27,29,39H,5-6,11-20H2,1-4H3,(H,34,35,40)/t21-,22-,25?,27+,29-,33-/m0/s1. The molecular weight excluding hydrogens is 546 g/mol. The number of nitrogens with one attached hydrogen (secondary N) is 1. The van der Waals surface area contributed by atoms with Gasteiger partial charge in [-0.15, -0.1) is 11.3 Å². The number of aliphatic hydroxyl groups is 1. The van der Waals surface area contributed by atoms with E-state index in [1.165, 1.54) is 10.4 Å². The summed E-state index contributed by atoms with van der Waals surface area (Å²) in [5, 5.41) is 15.4. The fourth-order valence-electron chi connectivity index (χ4n) is 8.20. The van der Waals surface area contributed by atoms with E-state index in [4.69, 9.17) is 4.98 Å². The van der Waals surface area contributed by atoms with E-state index in [0.29, 0.717) is 10.7 Å². The molecule has 2 aromatic rings.